The molecule has 0 aromatic carbocycles. The fourth-order valence-electron chi connectivity index (χ4n) is 0.976. The van der Waals surface area contributed by atoms with Gasteiger partial charge in [-0.15, -0.1) is 0 Å². The van der Waals surface area contributed by atoms with E-state index in [4.69, 9.17) is 5.26 Å². The lowest BCUT2D eigenvalue weighted by Crippen LogP contribution is -2.38. The van der Waals surface area contributed by atoms with Crippen LogP contribution in [0.1, 0.15) is 13.3 Å². The smallest absolute Gasteiger partial charge is 0.213 e. The van der Waals surface area contributed by atoms with Gasteiger partial charge in [-0.25, -0.2) is 25.9 Å². The number of hydrogen-bond donors (Lipinski definition) is 1. The summed E-state index contributed by atoms with van der Waals surface area (Å²) in [5, 5.41) is 7.46. The molecule has 1 unspecified atom stereocenters. The minimum atomic E-state index is -3.76. The van der Waals surface area contributed by atoms with E-state index in [9.17, 15) is 16.8 Å². The van der Waals surface area contributed by atoms with Crippen molar-refractivity contribution in [3.05, 3.63) is 0 Å². The molecule has 0 rings (SSSR count). The second-order valence-electron chi connectivity index (χ2n) is 3.56. The van der Waals surface area contributed by atoms with Gasteiger partial charge >= 0.3 is 0 Å². The van der Waals surface area contributed by atoms with Crippen molar-refractivity contribution in [1.29, 1.82) is 5.26 Å². The highest BCUT2D eigenvalue weighted by molar-refractivity contribution is 7.90. The summed E-state index contributed by atoms with van der Waals surface area (Å²) >= 11 is 0. The number of nitrogens with one attached hydrogen (secondary N) is 1. The molecule has 0 aliphatic carbocycles. The zero-order valence-corrected chi connectivity index (χ0v) is 11.7. The van der Waals surface area contributed by atoms with Crippen LogP contribution in [0.3, 0.4) is 0 Å². The van der Waals surface area contributed by atoms with Crippen molar-refractivity contribution in [2.24, 2.45) is 0 Å². The summed E-state index contributed by atoms with van der Waals surface area (Å²) in [5.74, 6) is -0.332. The monoisotopic (exact) mass is 283 g/mol. The third-order valence-corrected chi connectivity index (χ3v) is 5.74. The molecule has 1 atom stereocenters. The predicted molar refractivity (Wildman–Crippen MR) is 64.1 cm³/mol. The zero-order valence-electron chi connectivity index (χ0n) is 10.0. The minimum Gasteiger partial charge on any atom is -0.213 e. The van der Waals surface area contributed by atoms with Crippen molar-refractivity contribution in [3.8, 4) is 6.07 Å². The van der Waals surface area contributed by atoms with Gasteiger partial charge in [0.1, 0.15) is 0 Å². The van der Waals surface area contributed by atoms with Crippen LogP contribution in [0.5, 0.6) is 0 Å². The molecule has 0 saturated heterocycles. The van der Waals surface area contributed by atoms with Gasteiger partial charge in [0.25, 0.3) is 0 Å². The van der Waals surface area contributed by atoms with E-state index < -0.39 is 25.3 Å². The number of nitrogens with zero attached hydrogens (tertiary/aromatic N) is 2. The van der Waals surface area contributed by atoms with Crippen LogP contribution in [-0.2, 0) is 20.0 Å². The topological polar surface area (TPSA) is 107 Å². The van der Waals surface area contributed by atoms with Gasteiger partial charge in [0.05, 0.1) is 11.8 Å². The Kier molecular flexibility index (Phi) is 6.04. The van der Waals surface area contributed by atoms with Crippen LogP contribution in [0.2, 0.25) is 0 Å². The molecule has 0 heterocycles. The number of nitriles is 1. The Bertz CT molecular complexity index is 475. The van der Waals surface area contributed by atoms with Gasteiger partial charge in [0.2, 0.25) is 20.0 Å². The molecule has 0 fully saturated rings. The van der Waals surface area contributed by atoms with E-state index in [0.29, 0.717) is 0 Å². The Hall–Kier alpha value is -0.690. The van der Waals surface area contributed by atoms with Crippen LogP contribution in [0, 0.1) is 11.3 Å². The first kappa shape index (κ1) is 16.3. The number of rotatable bonds is 7. The van der Waals surface area contributed by atoms with E-state index in [0.717, 1.165) is 4.31 Å². The fraction of sp³-hybridized carbons (Fsp3) is 0.875. The molecule has 0 aromatic rings. The van der Waals surface area contributed by atoms with E-state index in [1.54, 1.807) is 13.0 Å². The Morgan fingerprint density at radius 1 is 1.29 bits per heavy atom. The normalized spacial score (nSPS) is 14.5. The van der Waals surface area contributed by atoms with Crippen LogP contribution in [0.15, 0.2) is 0 Å². The molecule has 9 heteroatoms. The lowest BCUT2D eigenvalue weighted by molar-refractivity contribution is 0.519. The van der Waals surface area contributed by atoms with Crippen LogP contribution in [0.4, 0.5) is 0 Å². The molecule has 0 radical (unpaired) electrons. The van der Waals surface area contributed by atoms with Crippen molar-refractivity contribution < 1.29 is 16.8 Å². The highest BCUT2D eigenvalue weighted by Gasteiger charge is 2.23. The molecule has 17 heavy (non-hydrogen) atoms. The summed E-state index contributed by atoms with van der Waals surface area (Å²) in [7, 11) is -4.46. The third kappa shape index (κ3) is 4.99. The van der Waals surface area contributed by atoms with Crippen molar-refractivity contribution in [2.45, 2.75) is 18.6 Å². The van der Waals surface area contributed by atoms with Crippen LogP contribution >= 0.6 is 0 Å². The van der Waals surface area contributed by atoms with Gasteiger partial charge in [0, 0.05) is 20.6 Å². The van der Waals surface area contributed by atoms with Crippen LogP contribution in [0.25, 0.3) is 0 Å². The quantitative estimate of drug-likeness (QED) is 0.651. The SMILES string of the molecule is CCC(C#N)S(=O)(=O)NCCS(=O)(=O)N(C)C. The van der Waals surface area contributed by atoms with Crippen LogP contribution in [-0.4, -0.2) is 52.8 Å². The second kappa shape index (κ2) is 6.30. The summed E-state index contributed by atoms with van der Waals surface area (Å²) in [6, 6.07) is 1.65. The van der Waals surface area contributed by atoms with Crippen LogP contribution < -0.4 is 4.72 Å². The summed E-state index contributed by atoms with van der Waals surface area (Å²) in [5.41, 5.74) is 0. The summed E-state index contributed by atoms with van der Waals surface area (Å²) in [6.45, 7) is 1.34. The van der Waals surface area contributed by atoms with Crippen molar-refractivity contribution in [1.82, 2.24) is 9.03 Å². The van der Waals surface area contributed by atoms with Crippen molar-refractivity contribution >= 4 is 20.0 Å². The molecule has 0 saturated carbocycles. The first-order valence-electron chi connectivity index (χ1n) is 4.95. The zero-order chi connectivity index (χ0) is 13.7. The largest absolute Gasteiger partial charge is 0.227 e. The van der Waals surface area contributed by atoms with Gasteiger partial charge in [-0.3, -0.25) is 0 Å². The Morgan fingerprint density at radius 3 is 2.18 bits per heavy atom. The Morgan fingerprint density at radius 2 is 1.82 bits per heavy atom. The van der Waals surface area contributed by atoms with Gasteiger partial charge in [-0.05, 0) is 6.42 Å². The second-order valence-corrected chi connectivity index (χ2v) is 7.81. The third-order valence-electron chi connectivity index (χ3n) is 2.11. The summed E-state index contributed by atoms with van der Waals surface area (Å²) in [6.07, 6.45) is 0.159. The molecule has 100 valence electrons. The first-order chi connectivity index (χ1) is 7.67. The molecule has 1 N–H and O–H groups in total. The molecule has 7 nitrogen and oxygen atoms in total. The highest BCUT2D eigenvalue weighted by atomic mass is 32.2. The fourth-order valence-corrected chi connectivity index (χ4v) is 3.00. The standard InChI is InChI=1S/C8H17N3O4S2/c1-4-8(7-9)17(14,15)10-5-6-16(12,13)11(2)3/h8,10H,4-6H2,1-3H3. The minimum absolute atomic E-state index is 0.159. The molecule has 0 spiro atoms. The Labute approximate surface area is 103 Å². The van der Waals surface area contributed by atoms with Gasteiger partial charge in [-0.2, -0.15) is 5.26 Å². The average molecular weight is 283 g/mol. The molecule has 0 aromatic heterocycles. The maximum absolute atomic E-state index is 11.5. The van der Waals surface area contributed by atoms with Gasteiger partial charge in [-0.1, -0.05) is 6.92 Å². The molecule has 0 amide bonds. The van der Waals surface area contributed by atoms with Gasteiger partial charge < -0.3 is 0 Å². The van der Waals surface area contributed by atoms with Crippen molar-refractivity contribution in [2.75, 3.05) is 26.4 Å². The van der Waals surface area contributed by atoms with E-state index in [1.807, 2.05) is 0 Å². The lowest BCUT2D eigenvalue weighted by Gasteiger charge is -2.13. The number of sulfonamides is 2. The van der Waals surface area contributed by atoms with E-state index in [-0.39, 0.29) is 18.7 Å². The molecular weight excluding hydrogens is 266 g/mol. The lowest BCUT2D eigenvalue weighted by atomic mass is 10.4. The first-order valence-corrected chi connectivity index (χ1v) is 8.11. The Balaban J connectivity index is 4.47. The molecular formula is C8H17N3O4S2. The average Bonchev–Trinajstić information content (AvgIpc) is 2.17. The molecule has 0 aliphatic heterocycles. The van der Waals surface area contributed by atoms with E-state index in [2.05, 4.69) is 4.72 Å². The van der Waals surface area contributed by atoms with E-state index >= 15 is 0 Å². The molecule has 0 aliphatic rings. The highest BCUT2D eigenvalue weighted by Crippen LogP contribution is 2.02. The number of hydrogen-bond acceptors (Lipinski definition) is 5. The molecule has 0 bridgehead atoms. The predicted octanol–water partition coefficient (Wildman–Crippen LogP) is -0.901. The van der Waals surface area contributed by atoms with Crippen molar-refractivity contribution in [3.63, 3.8) is 0 Å². The van der Waals surface area contributed by atoms with E-state index in [1.165, 1.54) is 14.1 Å². The van der Waals surface area contributed by atoms with Gasteiger partial charge in [0.15, 0.2) is 5.25 Å². The summed E-state index contributed by atoms with van der Waals surface area (Å²) in [4.78, 5) is 0. The maximum atomic E-state index is 11.5. The maximum Gasteiger partial charge on any atom is 0.227 e. The summed E-state index contributed by atoms with van der Waals surface area (Å²) < 4.78 is 48.8.